The molecule has 0 aliphatic carbocycles. The maximum atomic E-state index is 12.4. The first-order valence-corrected chi connectivity index (χ1v) is 7.95. The van der Waals surface area contributed by atoms with Gasteiger partial charge in [-0.2, -0.15) is 0 Å². The van der Waals surface area contributed by atoms with E-state index in [9.17, 15) is 4.79 Å². The van der Waals surface area contributed by atoms with Gasteiger partial charge in [-0.1, -0.05) is 23.8 Å². The number of likely N-dealkylation sites (tertiary alicyclic amines) is 2. The average molecular weight is 275 g/mol. The zero-order valence-corrected chi connectivity index (χ0v) is 12.2. The Balaban J connectivity index is 1.52. The van der Waals surface area contributed by atoms with Gasteiger partial charge in [0, 0.05) is 39.3 Å². The molecule has 0 aromatic carbocycles. The van der Waals surface area contributed by atoms with E-state index in [1.807, 2.05) is 4.90 Å². The minimum Gasteiger partial charge on any atom is -0.325 e. The molecule has 0 radical (unpaired) electrons. The van der Waals surface area contributed by atoms with Crippen LogP contribution in [0, 0.1) is 5.92 Å². The lowest BCUT2D eigenvalue weighted by Gasteiger charge is -2.35. The Morgan fingerprint density at radius 2 is 1.80 bits per heavy atom. The van der Waals surface area contributed by atoms with Gasteiger partial charge >= 0.3 is 6.03 Å². The highest BCUT2D eigenvalue weighted by Gasteiger charge is 2.28. The number of hydrogen-bond acceptors (Lipinski definition) is 2. The summed E-state index contributed by atoms with van der Waals surface area (Å²) in [6.45, 7) is 5.71. The molecule has 0 aromatic heterocycles. The van der Waals surface area contributed by atoms with Gasteiger partial charge in [-0.05, 0) is 31.6 Å². The van der Waals surface area contributed by atoms with Gasteiger partial charge < -0.3 is 15.1 Å². The molecular weight excluding hydrogens is 250 g/mol. The second-order valence-corrected chi connectivity index (χ2v) is 6.04. The fourth-order valence-corrected chi connectivity index (χ4v) is 3.45. The highest BCUT2D eigenvalue weighted by Crippen LogP contribution is 2.26. The first kappa shape index (κ1) is 13.7. The fraction of sp³-hybridized carbons (Fsp3) is 0.688. The summed E-state index contributed by atoms with van der Waals surface area (Å²) in [5.41, 5.74) is 1.51. The van der Waals surface area contributed by atoms with Crippen molar-refractivity contribution in [3.05, 3.63) is 23.8 Å². The highest BCUT2D eigenvalue weighted by molar-refractivity contribution is 5.74. The number of carbonyl (C=O) groups is 1. The lowest BCUT2D eigenvalue weighted by atomic mass is 9.89. The van der Waals surface area contributed by atoms with Crippen LogP contribution in [-0.2, 0) is 0 Å². The Bertz CT molecular complexity index is 402. The molecule has 3 aliphatic rings. The van der Waals surface area contributed by atoms with Crippen molar-refractivity contribution in [2.75, 3.05) is 39.3 Å². The van der Waals surface area contributed by atoms with Crippen molar-refractivity contribution in [1.29, 1.82) is 0 Å². The van der Waals surface area contributed by atoms with E-state index in [2.05, 4.69) is 28.4 Å². The van der Waals surface area contributed by atoms with Crippen molar-refractivity contribution in [3.8, 4) is 0 Å². The number of urea groups is 1. The SMILES string of the molecule is O=C(N1CCCC1)N1CCC(C2=CC=CCNC2)CC1. The summed E-state index contributed by atoms with van der Waals surface area (Å²) in [7, 11) is 0. The van der Waals surface area contributed by atoms with Gasteiger partial charge in [0.15, 0.2) is 0 Å². The van der Waals surface area contributed by atoms with E-state index in [0.717, 1.165) is 52.1 Å². The third-order valence-corrected chi connectivity index (χ3v) is 4.70. The van der Waals surface area contributed by atoms with Crippen molar-refractivity contribution >= 4 is 6.03 Å². The Hall–Kier alpha value is -1.29. The van der Waals surface area contributed by atoms with Crippen molar-refractivity contribution in [1.82, 2.24) is 15.1 Å². The number of rotatable bonds is 1. The monoisotopic (exact) mass is 275 g/mol. The predicted molar refractivity (Wildman–Crippen MR) is 80.6 cm³/mol. The van der Waals surface area contributed by atoms with Gasteiger partial charge in [0.05, 0.1) is 0 Å². The lowest BCUT2D eigenvalue weighted by molar-refractivity contribution is 0.144. The lowest BCUT2D eigenvalue weighted by Crippen LogP contribution is -2.46. The van der Waals surface area contributed by atoms with E-state index in [-0.39, 0.29) is 6.03 Å². The Morgan fingerprint density at radius 3 is 2.55 bits per heavy atom. The molecule has 110 valence electrons. The molecule has 2 saturated heterocycles. The van der Waals surface area contributed by atoms with Crippen LogP contribution >= 0.6 is 0 Å². The molecule has 2 fully saturated rings. The summed E-state index contributed by atoms with van der Waals surface area (Å²) >= 11 is 0. The van der Waals surface area contributed by atoms with Crippen molar-refractivity contribution in [2.45, 2.75) is 25.7 Å². The molecule has 0 aromatic rings. The molecule has 3 aliphatic heterocycles. The second kappa shape index (κ2) is 6.44. The Morgan fingerprint density at radius 1 is 1.10 bits per heavy atom. The second-order valence-electron chi connectivity index (χ2n) is 6.04. The van der Waals surface area contributed by atoms with Crippen LogP contribution in [0.4, 0.5) is 4.79 Å². The smallest absolute Gasteiger partial charge is 0.319 e. The van der Waals surface area contributed by atoms with Crippen LogP contribution in [0.1, 0.15) is 25.7 Å². The predicted octanol–water partition coefficient (Wildman–Crippen LogP) is 2.00. The van der Waals surface area contributed by atoms with E-state index in [0.29, 0.717) is 5.92 Å². The van der Waals surface area contributed by atoms with Gasteiger partial charge in [-0.15, -0.1) is 0 Å². The number of nitrogens with zero attached hydrogens (tertiary/aromatic N) is 2. The number of hydrogen-bond donors (Lipinski definition) is 1. The molecule has 0 saturated carbocycles. The average Bonchev–Trinajstić information content (AvgIpc) is 2.89. The number of nitrogens with one attached hydrogen (secondary N) is 1. The number of amides is 2. The van der Waals surface area contributed by atoms with E-state index in [1.165, 1.54) is 18.4 Å². The van der Waals surface area contributed by atoms with Crippen LogP contribution in [0.2, 0.25) is 0 Å². The minimum absolute atomic E-state index is 0.272. The fourth-order valence-electron chi connectivity index (χ4n) is 3.45. The molecule has 4 nitrogen and oxygen atoms in total. The first-order chi connectivity index (χ1) is 9.84. The summed E-state index contributed by atoms with van der Waals surface area (Å²) in [6.07, 6.45) is 11.2. The summed E-state index contributed by atoms with van der Waals surface area (Å²) in [5.74, 6) is 0.646. The molecule has 4 heteroatoms. The van der Waals surface area contributed by atoms with Crippen LogP contribution in [-0.4, -0.2) is 55.1 Å². The van der Waals surface area contributed by atoms with Crippen molar-refractivity contribution in [3.63, 3.8) is 0 Å². The standard InChI is InChI=1S/C16H25N3O/c20-16(18-9-3-4-10-18)19-11-6-14(7-12-19)15-5-1-2-8-17-13-15/h1-2,5,14,17H,3-4,6-13H2. The van der Waals surface area contributed by atoms with Gasteiger partial charge in [-0.25, -0.2) is 4.79 Å². The molecule has 2 amide bonds. The van der Waals surface area contributed by atoms with Crippen LogP contribution in [0.25, 0.3) is 0 Å². The van der Waals surface area contributed by atoms with Crippen LogP contribution < -0.4 is 5.32 Å². The topological polar surface area (TPSA) is 35.6 Å². The van der Waals surface area contributed by atoms with Gasteiger partial charge in [0.2, 0.25) is 0 Å². The quantitative estimate of drug-likeness (QED) is 0.794. The van der Waals surface area contributed by atoms with E-state index in [1.54, 1.807) is 0 Å². The molecule has 3 heterocycles. The van der Waals surface area contributed by atoms with E-state index < -0.39 is 0 Å². The molecule has 0 bridgehead atoms. The van der Waals surface area contributed by atoms with Gasteiger partial charge in [-0.3, -0.25) is 0 Å². The van der Waals surface area contributed by atoms with Crippen molar-refractivity contribution in [2.24, 2.45) is 5.92 Å². The summed E-state index contributed by atoms with van der Waals surface area (Å²) in [6, 6.07) is 0.272. The molecule has 3 rings (SSSR count). The third-order valence-electron chi connectivity index (χ3n) is 4.70. The van der Waals surface area contributed by atoms with E-state index in [4.69, 9.17) is 0 Å². The maximum Gasteiger partial charge on any atom is 0.319 e. The zero-order chi connectivity index (χ0) is 13.8. The highest BCUT2D eigenvalue weighted by atomic mass is 16.2. The molecule has 20 heavy (non-hydrogen) atoms. The minimum atomic E-state index is 0.272. The van der Waals surface area contributed by atoms with Gasteiger partial charge in [0.25, 0.3) is 0 Å². The van der Waals surface area contributed by atoms with Crippen LogP contribution in [0.5, 0.6) is 0 Å². The molecule has 0 unspecified atom stereocenters. The summed E-state index contributed by atoms with van der Waals surface area (Å²) < 4.78 is 0. The number of piperidine rings is 1. The van der Waals surface area contributed by atoms with E-state index >= 15 is 0 Å². The molecule has 1 N–H and O–H groups in total. The summed E-state index contributed by atoms with van der Waals surface area (Å²) in [4.78, 5) is 16.4. The Labute approximate surface area is 121 Å². The summed E-state index contributed by atoms with van der Waals surface area (Å²) in [5, 5.41) is 3.43. The molecule has 0 atom stereocenters. The molecular formula is C16H25N3O. The Kier molecular flexibility index (Phi) is 4.41. The normalized spacial score (nSPS) is 24.7. The first-order valence-electron chi connectivity index (χ1n) is 7.95. The van der Waals surface area contributed by atoms with Crippen LogP contribution in [0.15, 0.2) is 23.8 Å². The van der Waals surface area contributed by atoms with Crippen molar-refractivity contribution < 1.29 is 4.79 Å². The zero-order valence-electron chi connectivity index (χ0n) is 12.2. The van der Waals surface area contributed by atoms with Crippen LogP contribution in [0.3, 0.4) is 0 Å². The largest absolute Gasteiger partial charge is 0.325 e. The third kappa shape index (κ3) is 3.06. The number of carbonyl (C=O) groups excluding carboxylic acids is 1. The van der Waals surface area contributed by atoms with Gasteiger partial charge in [0.1, 0.15) is 0 Å². The number of allylic oxidation sites excluding steroid dienone is 2. The maximum absolute atomic E-state index is 12.4. The molecule has 0 spiro atoms.